The summed E-state index contributed by atoms with van der Waals surface area (Å²) in [5, 5.41) is 5.75. The van der Waals surface area contributed by atoms with E-state index in [1.165, 1.54) is 9.77 Å². The van der Waals surface area contributed by atoms with Gasteiger partial charge in [0.15, 0.2) is 11.5 Å². The van der Waals surface area contributed by atoms with E-state index in [1.807, 2.05) is 17.8 Å². The van der Waals surface area contributed by atoms with E-state index in [4.69, 9.17) is 9.47 Å². The van der Waals surface area contributed by atoms with Gasteiger partial charge < -0.3 is 14.8 Å². The Morgan fingerprint density at radius 3 is 3.00 bits per heavy atom. The van der Waals surface area contributed by atoms with Crippen LogP contribution in [0.2, 0.25) is 0 Å². The molecule has 3 rings (SSSR count). The lowest BCUT2D eigenvalue weighted by molar-refractivity contribution is 0.174. The van der Waals surface area contributed by atoms with Crippen LogP contribution in [-0.4, -0.2) is 19.1 Å². The predicted molar refractivity (Wildman–Crippen MR) is 88.6 cm³/mol. The van der Waals surface area contributed by atoms with E-state index in [1.54, 1.807) is 11.3 Å². The zero-order chi connectivity index (χ0) is 14.5. The molecule has 21 heavy (non-hydrogen) atoms. The van der Waals surface area contributed by atoms with Gasteiger partial charge in [-0.2, -0.15) is 0 Å². The summed E-state index contributed by atoms with van der Waals surface area (Å²) in [5.74, 6) is 2.72. The zero-order valence-corrected chi connectivity index (χ0v) is 13.6. The first-order chi connectivity index (χ1) is 10.4. The van der Waals surface area contributed by atoms with Crippen LogP contribution in [0.15, 0.2) is 39.9 Å². The third-order valence-corrected chi connectivity index (χ3v) is 5.55. The topological polar surface area (TPSA) is 30.5 Å². The molecule has 5 heteroatoms. The Balaban J connectivity index is 1.71. The van der Waals surface area contributed by atoms with Crippen LogP contribution in [-0.2, 0) is 0 Å². The molecule has 0 aliphatic carbocycles. The second kappa shape index (κ2) is 7.20. The Labute approximate surface area is 133 Å². The lowest BCUT2D eigenvalue weighted by atomic mass is 10.1. The largest absolute Gasteiger partial charge is 0.454 e. The Kier molecular flexibility index (Phi) is 5.06. The summed E-state index contributed by atoms with van der Waals surface area (Å²) in [6.07, 6.45) is 1.13. The lowest BCUT2D eigenvalue weighted by Gasteiger charge is -2.18. The number of fused-ring (bicyclic) bond motifs is 1. The van der Waals surface area contributed by atoms with E-state index >= 15 is 0 Å². The third-order valence-electron chi connectivity index (χ3n) is 3.33. The molecule has 3 nitrogen and oxygen atoms in total. The van der Waals surface area contributed by atoms with Gasteiger partial charge in [0.1, 0.15) is 0 Å². The first-order valence-corrected chi connectivity index (χ1v) is 9.02. The molecule has 1 aliphatic heterocycles. The first kappa shape index (κ1) is 14.8. The third kappa shape index (κ3) is 3.73. The van der Waals surface area contributed by atoms with Crippen molar-refractivity contribution in [3.05, 3.63) is 41.3 Å². The van der Waals surface area contributed by atoms with Gasteiger partial charge in [-0.25, -0.2) is 0 Å². The fourth-order valence-corrected chi connectivity index (χ4v) is 4.14. The monoisotopic (exact) mass is 321 g/mol. The summed E-state index contributed by atoms with van der Waals surface area (Å²) < 4.78 is 12.2. The quantitative estimate of drug-likeness (QED) is 0.770. The molecule has 1 unspecified atom stereocenters. The van der Waals surface area contributed by atoms with Gasteiger partial charge in [-0.15, -0.1) is 23.1 Å². The van der Waals surface area contributed by atoms with Gasteiger partial charge in [-0.05, 0) is 42.1 Å². The summed E-state index contributed by atoms with van der Waals surface area (Å²) in [5.41, 5.74) is 1.26. The van der Waals surface area contributed by atoms with E-state index in [9.17, 15) is 0 Å². The van der Waals surface area contributed by atoms with Crippen molar-refractivity contribution in [2.75, 3.05) is 19.1 Å². The Bertz CT molecular complexity index is 572. The van der Waals surface area contributed by atoms with E-state index < -0.39 is 0 Å². The molecule has 0 spiro atoms. The van der Waals surface area contributed by atoms with Crippen molar-refractivity contribution in [2.24, 2.45) is 0 Å². The molecule has 0 radical (unpaired) electrons. The molecular formula is C16H19NO2S2. The SMILES string of the molecule is CCCNC(CSc1cccs1)c1ccc2c(c1)OCO2. The van der Waals surface area contributed by atoms with Crippen molar-refractivity contribution in [3.63, 3.8) is 0 Å². The molecular weight excluding hydrogens is 302 g/mol. The number of benzene rings is 1. The van der Waals surface area contributed by atoms with Gasteiger partial charge >= 0.3 is 0 Å². The van der Waals surface area contributed by atoms with Gasteiger partial charge in [-0.1, -0.05) is 19.1 Å². The fraction of sp³-hybridized carbons (Fsp3) is 0.375. The minimum atomic E-state index is 0.326. The number of thioether (sulfide) groups is 1. The highest BCUT2D eigenvalue weighted by Gasteiger charge is 2.18. The standard InChI is InChI=1S/C16H19NO2S2/c1-2-7-17-13(10-21-16-4-3-8-20-16)12-5-6-14-15(9-12)19-11-18-14/h3-6,8-9,13,17H,2,7,10-11H2,1H3. The summed E-state index contributed by atoms with van der Waals surface area (Å²) in [7, 11) is 0. The molecule has 112 valence electrons. The fourth-order valence-electron chi connectivity index (χ4n) is 2.23. The summed E-state index contributed by atoms with van der Waals surface area (Å²) >= 11 is 3.69. The molecule has 1 aromatic carbocycles. The average molecular weight is 321 g/mol. The highest BCUT2D eigenvalue weighted by molar-refractivity contribution is 8.01. The van der Waals surface area contributed by atoms with Crippen LogP contribution in [0.1, 0.15) is 24.9 Å². The van der Waals surface area contributed by atoms with Crippen LogP contribution < -0.4 is 14.8 Å². The van der Waals surface area contributed by atoms with Crippen molar-refractivity contribution < 1.29 is 9.47 Å². The molecule has 0 saturated heterocycles. The zero-order valence-electron chi connectivity index (χ0n) is 12.0. The van der Waals surface area contributed by atoms with E-state index in [0.717, 1.165) is 30.2 Å². The van der Waals surface area contributed by atoms with E-state index in [-0.39, 0.29) is 0 Å². The molecule has 2 aromatic rings. The molecule has 0 amide bonds. The molecule has 2 heterocycles. The second-order valence-corrected chi connectivity index (χ2v) is 7.13. The van der Waals surface area contributed by atoms with E-state index in [2.05, 4.69) is 41.9 Å². The maximum absolute atomic E-state index is 5.49. The molecule has 1 aromatic heterocycles. The van der Waals surface area contributed by atoms with Gasteiger partial charge in [0, 0.05) is 11.8 Å². The highest BCUT2D eigenvalue weighted by Crippen LogP contribution is 2.35. The lowest BCUT2D eigenvalue weighted by Crippen LogP contribution is -2.24. The number of hydrogen-bond acceptors (Lipinski definition) is 5. The number of thiophene rings is 1. The predicted octanol–water partition coefficient (Wildman–Crippen LogP) is 4.31. The smallest absolute Gasteiger partial charge is 0.231 e. The van der Waals surface area contributed by atoms with Gasteiger partial charge in [-0.3, -0.25) is 0 Å². The molecule has 0 saturated carbocycles. The van der Waals surface area contributed by atoms with Crippen molar-refractivity contribution in [1.82, 2.24) is 5.32 Å². The Morgan fingerprint density at radius 2 is 2.19 bits per heavy atom. The highest BCUT2D eigenvalue weighted by atomic mass is 32.2. The van der Waals surface area contributed by atoms with Crippen LogP contribution in [0.25, 0.3) is 0 Å². The summed E-state index contributed by atoms with van der Waals surface area (Å²) in [4.78, 5) is 0. The number of rotatable bonds is 7. The van der Waals surface area contributed by atoms with Crippen molar-refractivity contribution in [2.45, 2.75) is 23.6 Å². The van der Waals surface area contributed by atoms with Crippen LogP contribution in [0.3, 0.4) is 0 Å². The molecule has 0 bridgehead atoms. The summed E-state index contributed by atoms with van der Waals surface area (Å²) in [6.45, 7) is 3.54. The van der Waals surface area contributed by atoms with Gasteiger partial charge in [0.05, 0.1) is 4.21 Å². The van der Waals surface area contributed by atoms with Crippen molar-refractivity contribution >= 4 is 23.1 Å². The molecule has 0 fully saturated rings. The Hall–Kier alpha value is -1.17. The molecule has 1 N–H and O–H groups in total. The Morgan fingerprint density at radius 1 is 1.29 bits per heavy atom. The number of ether oxygens (including phenoxy) is 2. The van der Waals surface area contributed by atoms with Crippen LogP contribution >= 0.6 is 23.1 Å². The minimum Gasteiger partial charge on any atom is -0.454 e. The minimum absolute atomic E-state index is 0.326. The van der Waals surface area contributed by atoms with Gasteiger partial charge in [0.25, 0.3) is 0 Å². The second-order valence-electron chi connectivity index (χ2n) is 4.86. The maximum Gasteiger partial charge on any atom is 0.231 e. The van der Waals surface area contributed by atoms with Crippen LogP contribution in [0, 0.1) is 0 Å². The van der Waals surface area contributed by atoms with Crippen LogP contribution in [0.5, 0.6) is 11.5 Å². The summed E-state index contributed by atoms with van der Waals surface area (Å²) in [6, 6.07) is 10.8. The van der Waals surface area contributed by atoms with Crippen LogP contribution in [0.4, 0.5) is 0 Å². The van der Waals surface area contributed by atoms with E-state index in [0.29, 0.717) is 12.8 Å². The molecule has 1 atom stereocenters. The first-order valence-electron chi connectivity index (χ1n) is 7.16. The number of hydrogen-bond donors (Lipinski definition) is 1. The average Bonchev–Trinajstić information content (AvgIpc) is 3.17. The van der Waals surface area contributed by atoms with Gasteiger partial charge in [0.2, 0.25) is 6.79 Å². The number of nitrogens with one attached hydrogen (secondary N) is 1. The molecule has 1 aliphatic rings. The van der Waals surface area contributed by atoms with Crippen molar-refractivity contribution in [1.29, 1.82) is 0 Å². The van der Waals surface area contributed by atoms with Crippen molar-refractivity contribution in [3.8, 4) is 11.5 Å². The normalized spacial score (nSPS) is 14.3. The maximum atomic E-state index is 5.49.